The van der Waals surface area contributed by atoms with Crippen LogP contribution in [0.4, 0.5) is 23.1 Å². The Morgan fingerprint density at radius 3 is 1.86 bits per heavy atom. The summed E-state index contributed by atoms with van der Waals surface area (Å²) in [6.07, 6.45) is 0. The van der Waals surface area contributed by atoms with Crippen LogP contribution < -0.4 is 20.1 Å². The van der Waals surface area contributed by atoms with Crippen LogP contribution in [0.5, 0.6) is 11.5 Å². The quantitative estimate of drug-likeness (QED) is 0.489. The Bertz CT molecular complexity index is 1090. The van der Waals surface area contributed by atoms with Gasteiger partial charge in [0.25, 0.3) is 0 Å². The second-order valence-electron chi connectivity index (χ2n) is 6.10. The van der Waals surface area contributed by atoms with Crippen LogP contribution in [-0.4, -0.2) is 24.2 Å². The third-order valence-electron chi connectivity index (χ3n) is 4.27. The molecule has 0 atom stereocenters. The predicted octanol–water partition coefficient (Wildman–Crippen LogP) is 5.13. The normalized spacial score (nSPS) is 10.5. The van der Waals surface area contributed by atoms with Crippen molar-refractivity contribution in [2.45, 2.75) is 0 Å². The largest absolute Gasteiger partial charge is 0.493 e. The fourth-order valence-electron chi connectivity index (χ4n) is 2.92. The van der Waals surface area contributed by atoms with E-state index in [9.17, 15) is 0 Å². The Hall–Kier alpha value is -3.80. The minimum absolute atomic E-state index is 0.490. The first kappa shape index (κ1) is 17.6. The molecule has 0 aliphatic carbocycles. The highest BCUT2D eigenvalue weighted by Crippen LogP contribution is 2.35. The molecule has 1 aromatic heterocycles. The molecule has 6 heteroatoms. The SMILES string of the molecule is COc1cc2nc(Nc3ccccc3)nc(Nc3ccccc3)c2cc1OC. The Morgan fingerprint density at radius 1 is 0.679 bits per heavy atom. The minimum atomic E-state index is 0.490. The number of benzene rings is 3. The maximum atomic E-state index is 5.45. The van der Waals surface area contributed by atoms with Crippen molar-refractivity contribution in [3.8, 4) is 11.5 Å². The third-order valence-corrected chi connectivity index (χ3v) is 4.27. The van der Waals surface area contributed by atoms with Gasteiger partial charge >= 0.3 is 0 Å². The van der Waals surface area contributed by atoms with E-state index in [1.165, 1.54) is 0 Å². The van der Waals surface area contributed by atoms with E-state index >= 15 is 0 Å². The van der Waals surface area contributed by atoms with E-state index in [1.54, 1.807) is 14.2 Å². The molecule has 0 amide bonds. The maximum absolute atomic E-state index is 5.45. The van der Waals surface area contributed by atoms with Crippen molar-refractivity contribution in [1.29, 1.82) is 0 Å². The van der Waals surface area contributed by atoms with E-state index in [4.69, 9.17) is 14.5 Å². The van der Waals surface area contributed by atoms with E-state index in [0.29, 0.717) is 23.3 Å². The molecule has 0 spiro atoms. The van der Waals surface area contributed by atoms with Crippen molar-refractivity contribution in [2.24, 2.45) is 0 Å². The van der Waals surface area contributed by atoms with Crippen LogP contribution in [0.25, 0.3) is 10.9 Å². The molecule has 0 fully saturated rings. The molecule has 140 valence electrons. The Balaban J connectivity index is 1.84. The number of methoxy groups -OCH3 is 2. The topological polar surface area (TPSA) is 68.3 Å². The van der Waals surface area contributed by atoms with Crippen LogP contribution in [0.3, 0.4) is 0 Å². The zero-order valence-corrected chi connectivity index (χ0v) is 15.6. The van der Waals surface area contributed by atoms with Gasteiger partial charge in [-0.25, -0.2) is 4.98 Å². The minimum Gasteiger partial charge on any atom is -0.493 e. The van der Waals surface area contributed by atoms with Gasteiger partial charge in [0.1, 0.15) is 5.82 Å². The van der Waals surface area contributed by atoms with Crippen LogP contribution in [-0.2, 0) is 0 Å². The number of nitrogens with one attached hydrogen (secondary N) is 2. The van der Waals surface area contributed by atoms with Crippen LogP contribution in [0.1, 0.15) is 0 Å². The molecule has 6 nitrogen and oxygen atoms in total. The standard InChI is InChI=1S/C22H20N4O2/c1-27-19-13-17-18(14-20(19)28-2)25-22(24-16-11-7-4-8-12-16)26-21(17)23-15-9-5-3-6-10-15/h3-14H,1-2H3,(H2,23,24,25,26). The number of hydrogen-bond acceptors (Lipinski definition) is 6. The molecule has 0 saturated carbocycles. The van der Waals surface area contributed by atoms with E-state index in [-0.39, 0.29) is 0 Å². The first-order chi connectivity index (χ1) is 13.8. The van der Waals surface area contributed by atoms with Gasteiger partial charge in [-0.2, -0.15) is 4.98 Å². The van der Waals surface area contributed by atoms with E-state index in [0.717, 1.165) is 22.3 Å². The Morgan fingerprint density at radius 2 is 1.25 bits per heavy atom. The highest BCUT2D eigenvalue weighted by Gasteiger charge is 2.14. The van der Waals surface area contributed by atoms with Crippen LogP contribution in [0.15, 0.2) is 72.8 Å². The summed E-state index contributed by atoms with van der Waals surface area (Å²) in [4.78, 5) is 9.35. The number of para-hydroxylation sites is 2. The van der Waals surface area contributed by atoms with Gasteiger partial charge in [0.15, 0.2) is 11.5 Å². The number of rotatable bonds is 6. The number of aromatic nitrogens is 2. The molecule has 0 aliphatic rings. The van der Waals surface area contributed by atoms with Crippen LogP contribution in [0, 0.1) is 0 Å². The number of hydrogen-bond donors (Lipinski definition) is 2. The second kappa shape index (κ2) is 7.84. The summed E-state index contributed by atoms with van der Waals surface area (Å²) in [5, 5.41) is 7.46. The van der Waals surface area contributed by atoms with Gasteiger partial charge in [0.05, 0.1) is 19.7 Å². The van der Waals surface area contributed by atoms with Crippen molar-refractivity contribution in [1.82, 2.24) is 9.97 Å². The van der Waals surface area contributed by atoms with Crippen molar-refractivity contribution in [3.05, 3.63) is 72.8 Å². The monoisotopic (exact) mass is 372 g/mol. The zero-order valence-electron chi connectivity index (χ0n) is 15.6. The van der Waals surface area contributed by atoms with Gasteiger partial charge in [0, 0.05) is 22.8 Å². The van der Waals surface area contributed by atoms with Gasteiger partial charge < -0.3 is 20.1 Å². The number of fused-ring (bicyclic) bond motifs is 1. The van der Waals surface area contributed by atoms with Crippen LogP contribution in [0.2, 0.25) is 0 Å². The van der Waals surface area contributed by atoms with Crippen molar-refractivity contribution in [2.75, 3.05) is 24.9 Å². The summed E-state index contributed by atoms with van der Waals surface area (Å²) in [6, 6.07) is 23.4. The molecular formula is C22H20N4O2. The lowest BCUT2D eigenvalue weighted by atomic mass is 10.2. The molecule has 1 heterocycles. The molecule has 3 aromatic carbocycles. The third kappa shape index (κ3) is 3.66. The molecule has 0 unspecified atom stereocenters. The summed E-state index contributed by atoms with van der Waals surface area (Å²) in [6.45, 7) is 0. The smallest absolute Gasteiger partial charge is 0.229 e. The summed E-state index contributed by atoms with van der Waals surface area (Å²) in [7, 11) is 3.22. The summed E-state index contributed by atoms with van der Waals surface area (Å²) >= 11 is 0. The lowest BCUT2D eigenvalue weighted by molar-refractivity contribution is 0.356. The van der Waals surface area contributed by atoms with Gasteiger partial charge in [-0.15, -0.1) is 0 Å². The lowest BCUT2D eigenvalue weighted by Crippen LogP contribution is -2.03. The number of nitrogens with zero attached hydrogens (tertiary/aromatic N) is 2. The highest BCUT2D eigenvalue weighted by atomic mass is 16.5. The average Bonchev–Trinajstić information content (AvgIpc) is 2.74. The maximum Gasteiger partial charge on any atom is 0.229 e. The summed E-state index contributed by atoms with van der Waals surface area (Å²) < 4.78 is 10.9. The van der Waals surface area contributed by atoms with Gasteiger partial charge in [-0.05, 0) is 30.3 Å². The summed E-state index contributed by atoms with van der Waals surface area (Å²) in [5.41, 5.74) is 2.58. The fraction of sp³-hybridized carbons (Fsp3) is 0.0909. The van der Waals surface area contributed by atoms with Gasteiger partial charge in [0.2, 0.25) is 5.95 Å². The molecule has 4 rings (SSSR count). The van der Waals surface area contributed by atoms with Crippen molar-refractivity contribution >= 4 is 34.0 Å². The average molecular weight is 372 g/mol. The Kier molecular flexibility index (Phi) is 4.93. The fourth-order valence-corrected chi connectivity index (χ4v) is 2.92. The molecule has 0 bridgehead atoms. The zero-order chi connectivity index (χ0) is 19.3. The molecule has 0 aliphatic heterocycles. The van der Waals surface area contributed by atoms with E-state index in [2.05, 4.69) is 15.6 Å². The molecular weight excluding hydrogens is 352 g/mol. The molecule has 0 radical (unpaired) electrons. The lowest BCUT2D eigenvalue weighted by Gasteiger charge is -2.14. The first-order valence-corrected chi connectivity index (χ1v) is 8.85. The molecule has 28 heavy (non-hydrogen) atoms. The highest BCUT2D eigenvalue weighted by molar-refractivity contribution is 5.94. The Labute approximate surface area is 163 Å². The summed E-state index contributed by atoms with van der Waals surface area (Å²) in [5.74, 6) is 2.41. The van der Waals surface area contributed by atoms with Crippen molar-refractivity contribution < 1.29 is 9.47 Å². The van der Waals surface area contributed by atoms with Gasteiger partial charge in [-0.3, -0.25) is 0 Å². The van der Waals surface area contributed by atoms with E-state index in [1.807, 2.05) is 72.8 Å². The van der Waals surface area contributed by atoms with Crippen LogP contribution >= 0.6 is 0 Å². The predicted molar refractivity (Wildman–Crippen MR) is 112 cm³/mol. The molecule has 2 N–H and O–H groups in total. The molecule has 0 saturated heterocycles. The number of ether oxygens (including phenoxy) is 2. The number of anilines is 4. The molecule has 4 aromatic rings. The van der Waals surface area contributed by atoms with Gasteiger partial charge in [-0.1, -0.05) is 36.4 Å². The van der Waals surface area contributed by atoms with Crippen molar-refractivity contribution in [3.63, 3.8) is 0 Å². The second-order valence-corrected chi connectivity index (χ2v) is 6.10. The first-order valence-electron chi connectivity index (χ1n) is 8.85. The van der Waals surface area contributed by atoms with E-state index < -0.39 is 0 Å².